The van der Waals surface area contributed by atoms with Gasteiger partial charge in [0.25, 0.3) is 0 Å². The molecule has 1 aromatic heterocycles. The molecule has 2 aromatic rings. The Kier molecular flexibility index (Phi) is 7.02. The van der Waals surface area contributed by atoms with Gasteiger partial charge < -0.3 is 15.1 Å². The summed E-state index contributed by atoms with van der Waals surface area (Å²) in [6.07, 6.45) is 2.20. The molecule has 1 aliphatic carbocycles. The normalized spacial score (nSPS) is 15.3. The van der Waals surface area contributed by atoms with E-state index in [2.05, 4.69) is 20.6 Å². The maximum absolute atomic E-state index is 13.1. The molecule has 0 amide bonds. The van der Waals surface area contributed by atoms with E-state index in [1.807, 2.05) is 32.9 Å². The Morgan fingerprint density at radius 3 is 2.46 bits per heavy atom. The third-order valence-corrected chi connectivity index (χ3v) is 4.69. The second-order valence-corrected chi connectivity index (χ2v) is 6.59. The molecule has 142 valence electrons. The number of hydrogen-bond acceptors (Lipinski definition) is 3. The number of nitrogens with one attached hydrogen (secondary N) is 2. The monoisotopic (exact) mass is 472 g/mol. The van der Waals surface area contributed by atoms with Crippen LogP contribution in [0, 0.1) is 19.7 Å². The van der Waals surface area contributed by atoms with E-state index >= 15 is 0 Å². The quantitative estimate of drug-likeness (QED) is 0.381. The molecule has 1 aliphatic rings. The van der Waals surface area contributed by atoms with Crippen molar-refractivity contribution in [2.45, 2.75) is 45.6 Å². The SMILES string of the molecule is CCNC(=NCc1nc(C)c(C)o1)NCC1(c2ccc(F)cc2)CC1.I. The van der Waals surface area contributed by atoms with Gasteiger partial charge in [0.2, 0.25) is 5.89 Å². The predicted octanol–water partition coefficient (Wildman–Crippen LogP) is 3.84. The first kappa shape index (κ1) is 20.7. The largest absolute Gasteiger partial charge is 0.444 e. The number of benzene rings is 1. The topological polar surface area (TPSA) is 62.5 Å². The molecule has 3 rings (SSSR count). The van der Waals surface area contributed by atoms with E-state index in [1.165, 1.54) is 17.7 Å². The van der Waals surface area contributed by atoms with E-state index < -0.39 is 0 Å². The third kappa shape index (κ3) is 4.96. The Morgan fingerprint density at radius 2 is 1.92 bits per heavy atom. The van der Waals surface area contributed by atoms with Crippen molar-refractivity contribution in [1.82, 2.24) is 15.6 Å². The minimum Gasteiger partial charge on any atom is -0.444 e. The van der Waals surface area contributed by atoms with Gasteiger partial charge in [-0.1, -0.05) is 12.1 Å². The average Bonchev–Trinajstić information content (AvgIpc) is 3.31. The molecule has 0 aliphatic heterocycles. The second kappa shape index (κ2) is 8.83. The summed E-state index contributed by atoms with van der Waals surface area (Å²) in [5.74, 6) is 1.99. The molecule has 0 radical (unpaired) electrons. The summed E-state index contributed by atoms with van der Waals surface area (Å²) < 4.78 is 18.7. The summed E-state index contributed by atoms with van der Waals surface area (Å²) in [5, 5.41) is 6.65. The van der Waals surface area contributed by atoms with Gasteiger partial charge in [-0.05, 0) is 51.3 Å². The van der Waals surface area contributed by atoms with Crippen LogP contribution in [0.4, 0.5) is 4.39 Å². The Hall–Kier alpha value is -1.64. The van der Waals surface area contributed by atoms with Gasteiger partial charge in [0.1, 0.15) is 18.1 Å². The molecule has 0 bridgehead atoms. The minimum absolute atomic E-state index is 0. The van der Waals surface area contributed by atoms with Gasteiger partial charge in [0.05, 0.1) is 5.69 Å². The number of hydrogen-bond donors (Lipinski definition) is 2. The third-order valence-electron chi connectivity index (χ3n) is 4.69. The summed E-state index contributed by atoms with van der Waals surface area (Å²) in [6, 6.07) is 6.82. The Labute approximate surface area is 170 Å². The predicted molar refractivity (Wildman–Crippen MR) is 112 cm³/mol. The fourth-order valence-electron chi connectivity index (χ4n) is 2.87. The molecule has 0 spiro atoms. The molecule has 26 heavy (non-hydrogen) atoms. The number of nitrogens with zero attached hydrogens (tertiary/aromatic N) is 2. The molecule has 0 unspecified atom stereocenters. The van der Waals surface area contributed by atoms with Crippen LogP contribution in [0.3, 0.4) is 0 Å². The Bertz CT molecular complexity index is 734. The molecular weight excluding hydrogens is 446 g/mol. The van der Waals surface area contributed by atoms with E-state index in [9.17, 15) is 4.39 Å². The van der Waals surface area contributed by atoms with Gasteiger partial charge in [0, 0.05) is 18.5 Å². The highest BCUT2D eigenvalue weighted by atomic mass is 127. The van der Waals surface area contributed by atoms with E-state index in [-0.39, 0.29) is 35.2 Å². The van der Waals surface area contributed by atoms with Crippen LogP contribution in [-0.2, 0) is 12.0 Å². The maximum Gasteiger partial charge on any atom is 0.216 e. The highest BCUT2D eigenvalue weighted by Crippen LogP contribution is 2.47. The van der Waals surface area contributed by atoms with Crippen molar-refractivity contribution in [2.24, 2.45) is 4.99 Å². The maximum atomic E-state index is 13.1. The zero-order valence-electron chi connectivity index (χ0n) is 15.4. The van der Waals surface area contributed by atoms with E-state index in [4.69, 9.17) is 4.42 Å². The van der Waals surface area contributed by atoms with Crippen molar-refractivity contribution < 1.29 is 8.81 Å². The zero-order valence-corrected chi connectivity index (χ0v) is 17.8. The highest BCUT2D eigenvalue weighted by Gasteiger charge is 2.44. The van der Waals surface area contributed by atoms with E-state index in [1.54, 1.807) is 0 Å². The van der Waals surface area contributed by atoms with Crippen molar-refractivity contribution in [3.63, 3.8) is 0 Å². The second-order valence-electron chi connectivity index (χ2n) is 6.59. The van der Waals surface area contributed by atoms with Crippen LogP contribution in [0.5, 0.6) is 0 Å². The van der Waals surface area contributed by atoms with Crippen LogP contribution < -0.4 is 10.6 Å². The number of aryl methyl sites for hydroxylation is 2. The Morgan fingerprint density at radius 1 is 1.23 bits per heavy atom. The number of guanidine groups is 1. The molecule has 5 nitrogen and oxygen atoms in total. The lowest BCUT2D eigenvalue weighted by Gasteiger charge is -2.19. The van der Waals surface area contributed by atoms with E-state index in [0.717, 1.165) is 43.3 Å². The summed E-state index contributed by atoms with van der Waals surface area (Å²) in [7, 11) is 0. The first-order valence-electron chi connectivity index (χ1n) is 8.73. The first-order valence-corrected chi connectivity index (χ1v) is 8.73. The number of oxazole rings is 1. The minimum atomic E-state index is -0.195. The first-order chi connectivity index (χ1) is 12.0. The number of aromatic nitrogens is 1. The summed E-state index contributed by atoms with van der Waals surface area (Å²) in [6.45, 7) is 7.80. The van der Waals surface area contributed by atoms with Gasteiger partial charge >= 0.3 is 0 Å². The van der Waals surface area contributed by atoms with Gasteiger partial charge in [0.15, 0.2) is 5.96 Å². The number of halogens is 2. The van der Waals surface area contributed by atoms with Gasteiger partial charge in [-0.3, -0.25) is 0 Å². The van der Waals surface area contributed by atoms with Crippen molar-refractivity contribution in [1.29, 1.82) is 0 Å². The molecule has 0 atom stereocenters. The lowest BCUT2D eigenvalue weighted by Crippen LogP contribution is -2.41. The Balaban J connectivity index is 0.00000243. The van der Waals surface area contributed by atoms with Crippen molar-refractivity contribution in [3.8, 4) is 0 Å². The van der Waals surface area contributed by atoms with Crippen molar-refractivity contribution >= 4 is 29.9 Å². The fourth-order valence-corrected chi connectivity index (χ4v) is 2.87. The highest BCUT2D eigenvalue weighted by molar-refractivity contribution is 14.0. The molecule has 0 saturated heterocycles. The van der Waals surface area contributed by atoms with Crippen molar-refractivity contribution in [3.05, 3.63) is 53.0 Å². The lowest BCUT2D eigenvalue weighted by molar-refractivity contribution is 0.472. The van der Waals surface area contributed by atoms with Crippen LogP contribution in [0.25, 0.3) is 0 Å². The molecule has 1 heterocycles. The van der Waals surface area contributed by atoms with Crippen LogP contribution in [-0.4, -0.2) is 24.0 Å². The smallest absolute Gasteiger partial charge is 0.216 e. The van der Waals surface area contributed by atoms with Crippen molar-refractivity contribution in [2.75, 3.05) is 13.1 Å². The van der Waals surface area contributed by atoms with Gasteiger partial charge in [-0.2, -0.15) is 0 Å². The van der Waals surface area contributed by atoms with Crippen LogP contribution in [0.2, 0.25) is 0 Å². The van der Waals surface area contributed by atoms with Crippen LogP contribution in [0.1, 0.15) is 42.7 Å². The standard InChI is InChI=1S/C19H25FN4O.HI/c1-4-21-18(22-11-17-24-13(2)14(3)25-17)23-12-19(9-10-19)15-5-7-16(20)8-6-15;/h5-8H,4,9-12H2,1-3H3,(H2,21,22,23);1H. The molecule has 2 N–H and O–H groups in total. The molecular formula is C19H26FIN4O. The average molecular weight is 472 g/mol. The number of rotatable bonds is 6. The summed E-state index contributed by atoms with van der Waals surface area (Å²) >= 11 is 0. The van der Waals surface area contributed by atoms with E-state index in [0.29, 0.717) is 12.4 Å². The fraction of sp³-hybridized carbons (Fsp3) is 0.474. The molecule has 1 saturated carbocycles. The zero-order chi connectivity index (χ0) is 17.9. The lowest BCUT2D eigenvalue weighted by atomic mass is 9.96. The summed E-state index contributed by atoms with van der Waals surface area (Å²) in [4.78, 5) is 8.91. The molecule has 7 heteroatoms. The summed E-state index contributed by atoms with van der Waals surface area (Å²) in [5.41, 5.74) is 2.16. The van der Waals surface area contributed by atoms with Gasteiger partial charge in [-0.25, -0.2) is 14.4 Å². The van der Waals surface area contributed by atoms with Crippen LogP contribution in [0.15, 0.2) is 33.7 Å². The van der Waals surface area contributed by atoms with Crippen LogP contribution >= 0.6 is 24.0 Å². The molecule has 1 fully saturated rings. The molecule has 1 aromatic carbocycles. The van der Waals surface area contributed by atoms with Gasteiger partial charge in [-0.15, -0.1) is 24.0 Å². The number of aliphatic imine (C=N–C) groups is 1.